The van der Waals surface area contributed by atoms with Crippen LogP contribution in [0.2, 0.25) is 0 Å². The summed E-state index contributed by atoms with van der Waals surface area (Å²) in [4.78, 5) is 0. The Morgan fingerprint density at radius 2 is 1.32 bits per heavy atom. The number of rotatable bonds is 6. The molecule has 1 N–H and O–H groups in total. The first-order valence-corrected chi connectivity index (χ1v) is 10.2. The predicted molar refractivity (Wildman–Crippen MR) is 118 cm³/mol. The molecule has 0 aliphatic heterocycles. The van der Waals surface area contributed by atoms with Gasteiger partial charge in [0.15, 0.2) is 23.0 Å². The number of methoxy groups -OCH3 is 6. The fraction of sp³-hybridized carbons (Fsp3) is 0.500. The van der Waals surface area contributed by atoms with Crippen molar-refractivity contribution in [1.82, 2.24) is 0 Å². The third kappa shape index (κ3) is 3.61. The summed E-state index contributed by atoms with van der Waals surface area (Å²) in [7, 11) is 9.53. The van der Waals surface area contributed by atoms with Crippen LogP contribution in [0.1, 0.15) is 31.1 Å². The minimum atomic E-state index is -0.226. The van der Waals surface area contributed by atoms with Crippen LogP contribution in [0.4, 0.5) is 0 Å². The highest BCUT2D eigenvalue weighted by atomic mass is 16.5. The van der Waals surface area contributed by atoms with Crippen LogP contribution in [0.15, 0.2) is 12.1 Å². The molecule has 1 aliphatic carbocycles. The van der Waals surface area contributed by atoms with Crippen LogP contribution < -0.4 is 23.7 Å². The minimum Gasteiger partial charge on any atom is -0.504 e. The van der Waals surface area contributed by atoms with Crippen molar-refractivity contribution in [3.63, 3.8) is 0 Å². The van der Waals surface area contributed by atoms with Crippen LogP contribution >= 0.6 is 0 Å². The summed E-state index contributed by atoms with van der Waals surface area (Å²) in [6.07, 6.45) is 0.484. The quantitative estimate of drug-likeness (QED) is 0.714. The Morgan fingerprint density at radius 3 is 1.84 bits per heavy atom. The van der Waals surface area contributed by atoms with E-state index in [2.05, 4.69) is 13.8 Å². The molecule has 1 aliphatic rings. The summed E-state index contributed by atoms with van der Waals surface area (Å²) in [6, 6.07) is 3.68. The number of hydrogen-bond acceptors (Lipinski definition) is 7. The molecular weight excluding hydrogens is 400 g/mol. The zero-order chi connectivity index (χ0) is 22.9. The zero-order valence-electron chi connectivity index (χ0n) is 19.5. The van der Waals surface area contributed by atoms with E-state index < -0.39 is 0 Å². The summed E-state index contributed by atoms with van der Waals surface area (Å²) in [6.45, 7) is 4.34. The Labute approximate surface area is 183 Å². The van der Waals surface area contributed by atoms with Gasteiger partial charge in [0.1, 0.15) is 0 Å². The molecule has 0 saturated heterocycles. The van der Waals surface area contributed by atoms with E-state index in [4.69, 9.17) is 28.4 Å². The van der Waals surface area contributed by atoms with Gasteiger partial charge in [-0.3, -0.25) is 0 Å². The summed E-state index contributed by atoms with van der Waals surface area (Å²) in [5.41, 5.74) is 3.38. The van der Waals surface area contributed by atoms with E-state index in [1.807, 2.05) is 6.07 Å². The van der Waals surface area contributed by atoms with Gasteiger partial charge in [0.2, 0.25) is 11.5 Å². The van der Waals surface area contributed by atoms with Crippen LogP contribution in [0, 0.1) is 11.8 Å². The normalized spacial score (nSPS) is 20.1. The SMILES string of the molecule is COc1cc2c(c(OC)c1OC)-c1c(cc(O)c(OC)c1OC)CC(C)C(C)C2OC. The molecular formula is C24H32O7. The fourth-order valence-corrected chi connectivity index (χ4v) is 4.62. The van der Waals surface area contributed by atoms with Crippen molar-refractivity contribution in [3.8, 4) is 45.6 Å². The molecule has 0 spiro atoms. The monoisotopic (exact) mass is 432 g/mol. The van der Waals surface area contributed by atoms with E-state index in [-0.39, 0.29) is 29.4 Å². The molecule has 0 radical (unpaired) electrons. The van der Waals surface area contributed by atoms with E-state index in [1.54, 1.807) is 41.6 Å². The van der Waals surface area contributed by atoms with Crippen LogP contribution in [0.25, 0.3) is 11.1 Å². The molecule has 3 unspecified atom stereocenters. The first kappa shape index (κ1) is 22.9. The van der Waals surface area contributed by atoms with Crippen molar-refractivity contribution >= 4 is 0 Å². The molecule has 31 heavy (non-hydrogen) atoms. The van der Waals surface area contributed by atoms with Crippen molar-refractivity contribution in [2.24, 2.45) is 11.8 Å². The average molecular weight is 433 g/mol. The molecule has 2 aromatic rings. The molecule has 0 bridgehead atoms. The van der Waals surface area contributed by atoms with Gasteiger partial charge in [0.25, 0.3) is 0 Å². The lowest BCUT2D eigenvalue weighted by molar-refractivity contribution is 0.0361. The maximum Gasteiger partial charge on any atom is 0.203 e. The van der Waals surface area contributed by atoms with Gasteiger partial charge in [-0.2, -0.15) is 0 Å². The van der Waals surface area contributed by atoms with E-state index >= 15 is 0 Å². The van der Waals surface area contributed by atoms with Crippen molar-refractivity contribution in [2.45, 2.75) is 26.4 Å². The predicted octanol–water partition coefficient (Wildman–Crippen LogP) is 4.62. The van der Waals surface area contributed by atoms with Gasteiger partial charge in [0.05, 0.1) is 41.7 Å². The van der Waals surface area contributed by atoms with Gasteiger partial charge in [-0.15, -0.1) is 0 Å². The summed E-state index contributed by atoms with van der Waals surface area (Å²) < 4.78 is 34.4. The van der Waals surface area contributed by atoms with E-state index in [0.717, 1.165) is 22.3 Å². The Kier molecular flexibility index (Phi) is 6.74. The van der Waals surface area contributed by atoms with Gasteiger partial charge < -0.3 is 33.5 Å². The summed E-state index contributed by atoms with van der Waals surface area (Å²) in [5.74, 6) is 2.69. The van der Waals surface area contributed by atoms with Crippen LogP contribution in [-0.2, 0) is 11.2 Å². The van der Waals surface area contributed by atoms with Crippen LogP contribution in [0.5, 0.6) is 34.5 Å². The number of phenols is 1. The first-order valence-electron chi connectivity index (χ1n) is 10.2. The molecule has 0 aromatic heterocycles. The molecule has 3 rings (SSSR count). The number of fused-ring (bicyclic) bond motifs is 3. The van der Waals surface area contributed by atoms with Crippen molar-refractivity contribution in [1.29, 1.82) is 0 Å². The zero-order valence-corrected chi connectivity index (χ0v) is 19.5. The molecule has 3 atom stereocenters. The highest BCUT2D eigenvalue weighted by Crippen LogP contribution is 2.57. The lowest BCUT2D eigenvalue weighted by atomic mass is 9.76. The van der Waals surface area contributed by atoms with E-state index in [0.29, 0.717) is 29.4 Å². The number of ether oxygens (including phenoxy) is 6. The average Bonchev–Trinajstić information content (AvgIpc) is 2.77. The minimum absolute atomic E-state index is 0.0304. The second kappa shape index (κ2) is 9.14. The van der Waals surface area contributed by atoms with Crippen molar-refractivity contribution in [2.75, 3.05) is 42.7 Å². The number of hydrogen-bond donors (Lipinski definition) is 1. The summed E-state index contributed by atoms with van der Waals surface area (Å²) in [5, 5.41) is 10.6. The van der Waals surface area contributed by atoms with E-state index in [1.165, 1.54) is 7.11 Å². The molecule has 170 valence electrons. The van der Waals surface area contributed by atoms with Crippen LogP contribution in [-0.4, -0.2) is 47.8 Å². The highest BCUT2D eigenvalue weighted by Gasteiger charge is 2.37. The summed E-state index contributed by atoms with van der Waals surface area (Å²) >= 11 is 0. The number of aromatic hydroxyl groups is 1. The smallest absolute Gasteiger partial charge is 0.203 e. The second-order valence-electron chi connectivity index (χ2n) is 7.80. The molecule has 0 amide bonds. The van der Waals surface area contributed by atoms with Crippen molar-refractivity contribution in [3.05, 3.63) is 23.3 Å². The maximum absolute atomic E-state index is 10.6. The Hall–Kier alpha value is -2.80. The Balaban J connectivity index is 2.57. The second-order valence-corrected chi connectivity index (χ2v) is 7.80. The molecule has 7 nitrogen and oxygen atoms in total. The third-order valence-corrected chi connectivity index (χ3v) is 6.29. The van der Waals surface area contributed by atoms with Crippen LogP contribution in [0.3, 0.4) is 0 Å². The van der Waals surface area contributed by atoms with Gasteiger partial charge in [-0.1, -0.05) is 13.8 Å². The number of benzene rings is 2. The van der Waals surface area contributed by atoms with Crippen molar-refractivity contribution < 1.29 is 33.5 Å². The van der Waals surface area contributed by atoms with Gasteiger partial charge in [-0.05, 0) is 41.5 Å². The third-order valence-electron chi connectivity index (χ3n) is 6.29. The molecule has 0 saturated carbocycles. The topological polar surface area (TPSA) is 75.6 Å². The Bertz CT molecular complexity index is 954. The highest BCUT2D eigenvalue weighted by molar-refractivity contribution is 5.88. The lowest BCUT2D eigenvalue weighted by Crippen LogP contribution is -2.24. The Morgan fingerprint density at radius 1 is 0.742 bits per heavy atom. The first-order chi connectivity index (χ1) is 14.9. The fourth-order valence-electron chi connectivity index (χ4n) is 4.62. The largest absolute Gasteiger partial charge is 0.504 e. The van der Waals surface area contributed by atoms with Gasteiger partial charge in [0, 0.05) is 18.2 Å². The van der Waals surface area contributed by atoms with E-state index in [9.17, 15) is 5.11 Å². The molecule has 0 heterocycles. The molecule has 0 fully saturated rings. The number of phenolic OH excluding ortho intramolecular Hbond substituents is 1. The lowest BCUT2D eigenvalue weighted by Gasteiger charge is -2.35. The van der Waals surface area contributed by atoms with Gasteiger partial charge >= 0.3 is 0 Å². The standard InChI is InChI=1S/C24H32O7/c1-12-9-14-10-16(25)21(28-5)23(30-7)18(14)19-15(20(27-4)13(12)2)11-17(26-3)22(29-6)24(19)31-8/h10-13,20,25H,9H2,1-8H3. The maximum atomic E-state index is 10.6. The molecule has 7 heteroatoms. The molecule has 2 aromatic carbocycles. The van der Waals surface area contributed by atoms with Gasteiger partial charge in [-0.25, -0.2) is 0 Å².